The quantitative estimate of drug-likeness (QED) is 0.102. The number of rotatable bonds is 9. The number of hydrogen-bond acceptors (Lipinski definition) is 17. The van der Waals surface area contributed by atoms with Gasteiger partial charge in [-0.25, -0.2) is 14.4 Å². The molecule has 0 aromatic heterocycles. The van der Waals surface area contributed by atoms with E-state index in [4.69, 9.17) is 28.6 Å². The number of nitrogens with zero attached hydrogens (tertiary/aromatic N) is 4. The Morgan fingerprint density at radius 2 is 1.58 bits per heavy atom. The molecular formula is C56H88N4O16. The molecule has 20 heteroatoms. The average Bonchev–Trinajstić information content (AvgIpc) is 3.38. The molecule has 4 rings (SSSR count). The second-order valence-electron chi connectivity index (χ2n) is 22.0. The average molecular weight is 1070 g/mol. The van der Waals surface area contributed by atoms with Crippen molar-refractivity contribution in [3.63, 3.8) is 0 Å². The molecule has 2 saturated heterocycles. The zero-order valence-corrected chi connectivity index (χ0v) is 47.2. The van der Waals surface area contributed by atoms with Gasteiger partial charge in [0, 0.05) is 65.5 Å². The summed E-state index contributed by atoms with van der Waals surface area (Å²) in [7, 11) is 8.54. The minimum absolute atomic E-state index is 0.00381. The number of ketones is 3. The standard InChI is InChI=1S/C56H88N4O16/c1-33-19-15-14-16-20-34(2)44(60(73-13)55(68)57(8)9)31-41-24-22-39(7)56(69,75-41)51(64)52(65)59-26-18-17-21-43(59)54(67)74-46(36(4)29-40-23-25-42(47(30-40)71-11)53(66)76-58(10)70)32-45(61)35(3)28-38(6)49(63)50(72-12)48(62)37(5)27-33/h14-16,19-20,28,33,35-37,39-44,46-47,49-50,63,69-70H,17-18,21-27,29-32H2,1-13H3/b16-14+,19-15+,34-20+,38-28+/t33-,35-,36-,37-,39-,40+,41+,42-,43+,44-,46+,47-,49-,50+,56-/m1/s1. The number of methoxy groups -OCH3 is 2. The van der Waals surface area contributed by atoms with Crippen LogP contribution in [0.1, 0.15) is 126 Å². The van der Waals surface area contributed by atoms with Crippen molar-refractivity contribution in [2.75, 3.05) is 49.0 Å². The molecule has 3 heterocycles. The fourth-order valence-electron chi connectivity index (χ4n) is 11.2. The van der Waals surface area contributed by atoms with E-state index in [-0.39, 0.29) is 55.6 Å². The maximum absolute atomic E-state index is 14.6. The molecule has 15 atom stereocenters. The third-order valence-corrected chi connectivity index (χ3v) is 15.8. The van der Waals surface area contributed by atoms with Gasteiger partial charge in [0.15, 0.2) is 5.78 Å². The molecule has 0 radical (unpaired) electrons. The van der Waals surface area contributed by atoms with Crippen molar-refractivity contribution in [1.29, 1.82) is 0 Å². The lowest BCUT2D eigenvalue weighted by atomic mass is 9.75. The van der Waals surface area contributed by atoms with E-state index in [1.54, 1.807) is 60.0 Å². The van der Waals surface area contributed by atoms with Crippen molar-refractivity contribution >= 4 is 41.2 Å². The molecule has 428 valence electrons. The van der Waals surface area contributed by atoms with Crippen LogP contribution >= 0.6 is 0 Å². The summed E-state index contributed by atoms with van der Waals surface area (Å²) in [5, 5.41) is 34.9. The molecule has 3 aliphatic heterocycles. The van der Waals surface area contributed by atoms with Gasteiger partial charge in [-0.15, -0.1) is 0 Å². The molecule has 2 bridgehead atoms. The minimum atomic E-state index is -2.59. The van der Waals surface area contributed by atoms with Gasteiger partial charge in [0.25, 0.3) is 11.7 Å². The molecule has 0 spiro atoms. The van der Waals surface area contributed by atoms with Crippen LogP contribution in [0.15, 0.2) is 47.6 Å². The number of aliphatic hydroxyl groups excluding tert-OH is 1. The fraction of sp³-hybridized carbons (Fsp3) is 0.732. The van der Waals surface area contributed by atoms with Gasteiger partial charge in [0.05, 0.1) is 38.3 Å². The Morgan fingerprint density at radius 1 is 0.882 bits per heavy atom. The molecule has 3 amide bonds. The summed E-state index contributed by atoms with van der Waals surface area (Å²) in [6, 6.07) is -2.47. The number of ether oxygens (including phenoxy) is 4. The summed E-state index contributed by atoms with van der Waals surface area (Å²) in [4.78, 5) is 111. The maximum atomic E-state index is 14.6. The van der Waals surface area contributed by atoms with Crippen LogP contribution in [-0.2, 0) is 57.4 Å². The van der Waals surface area contributed by atoms with Gasteiger partial charge in [-0.1, -0.05) is 71.1 Å². The number of fused-ring (bicyclic) bond motifs is 3. The van der Waals surface area contributed by atoms with Crippen LogP contribution in [0.3, 0.4) is 0 Å². The van der Waals surface area contributed by atoms with Crippen molar-refractivity contribution in [1.82, 2.24) is 20.1 Å². The number of esters is 1. The molecule has 4 aliphatic rings. The summed E-state index contributed by atoms with van der Waals surface area (Å²) in [5.74, 6) is -10.5. The Hall–Kier alpha value is -4.67. The van der Waals surface area contributed by atoms with Crippen molar-refractivity contribution in [2.45, 2.75) is 174 Å². The van der Waals surface area contributed by atoms with Crippen LogP contribution in [0.5, 0.6) is 0 Å². The van der Waals surface area contributed by atoms with Crippen molar-refractivity contribution in [3.8, 4) is 0 Å². The highest BCUT2D eigenvalue weighted by Gasteiger charge is 2.53. The molecule has 3 N–H and O–H groups in total. The number of hydrogen-bond donors (Lipinski definition) is 3. The molecule has 76 heavy (non-hydrogen) atoms. The molecule has 1 saturated carbocycles. The van der Waals surface area contributed by atoms with E-state index in [1.165, 1.54) is 38.3 Å². The Bertz CT molecular complexity index is 2140. The van der Waals surface area contributed by atoms with Crippen molar-refractivity contribution < 1.29 is 77.6 Å². The zero-order chi connectivity index (χ0) is 56.8. The van der Waals surface area contributed by atoms with Gasteiger partial charge in [0.1, 0.15) is 30.1 Å². The van der Waals surface area contributed by atoms with E-state index in [9.17, 15) is 49.0 Å². The van der Waals surface area contributed by atoms with Gasteiger partial charge in [-0.05, 0) is 112 Å². The van der Waals surface area contributed by atoms with Crippen LogP contribution in [0, 0.1) is 41.4 Å². The first-order chi connectivity index (χ1) is 35.8. The van der Waals surface area contributed by atoms with Gasteiger partial charge in [0.2, 0.25) is 5.79 Å². The van der Waals surface area contributed by atoms with Crippen molar-refractivity contribution in [2.24, 2.45) is 41.4 Å². The molecular weight excluding hydrogens is 985 g/mol. The molecule has 1 aliphatic carbocycles. The summed E-state index contributed by atoms with van der Waals surface area (Å²) in [6.45, 7) is 12.3. The van der Waals surface area contributed by atoms with Gasteiger partial charge >= 0.3 is 18.0 Å². The fourth-order valence-corrected chi connectivity index (χ4v) is 11.2. The monoisotopic (exact) mass is 1070 g/mol. The van der Waals surface area contributed by atoms with Gasteiger partial charge in [-0.2, -0.15) is 5.06 Å². The SMILES string of the molecule is CO[C@@H]1C[C@H](C[C@@H](C)[C@@H]2CC(=O)[C@H](C)/C=C(\C)[C@@H](O)[C@@H](OC)C(=O)[C@H](C)C[C@H](C)/C=C/C=C/C=C(\C)[C@H](N(OC)C(=O)N(C)C)C[C@@H]3CC[C@@H](C)[C@@](O)(O3)C(=O)C(=O)N3CCCC[C@H]3C(=O)O2)CC[C@H]1C(=O)ON(C)O. The van der Waals surface area contributed by atoms with Crippen LogP contribution in [0.2, 0.25) is 0 Å². The Balaban J connectivity index is 1.76. The van der Waals surface area contributed by atoms with E-state index in [2.05, 4.69) is 0 Å². The van der Waals surface area contributed by atoms with Crippen molar-refractivity contribution in [3.05, 3.63) is 47.6 Å². The Morgan fingerprint density at radius 3 is 2.21 bits per heavy atom. The minimum Gasteiger partial charge on any atom is -0.460 e. The topological polar surface area (TPSA) is 249 Å². The largest absolute Gasteiger partial charge is 0.460 e. The number of aliphatic hydroxyl groups is 2. The Kier molecular flexibility index (Phi) is 24.7. The smallest absolute Gasteiger partial charge is 0.343 e. The third kappa shape index (κ3) is 16.7. The first-order valence-electron chi connectivity index (χ1n) is 26.9. The second kappa shape index (κ2) is 29.3. The number of urea groups is 1. The number of allylic oxidation sites excluding steroid dienone is 6. The predicted molar refractivity (Wildman–Crippen MR) is 279 cm³/mol. The summed E-state index contributed by atoms with van der Waals surface area (Å²) >= 11 is 0. The lowest BCUT2D eigenvalue weighted by Gasteiger charge is -2.43. The van der Waals surface area contributed by atoms with E-state index in [1.807, 2.05) is 39.0 Å². The lowest BCUT2D eigenvalue weighted by molar-refractivity contribution is -0.306. The highest BCUT2D eigenvalue weighted by molar-refractivity contribution is 6.39. The van der Waals surface area contributed by atoms with Crippen LogP contribution in [0.25, 0.3) is 0 Å². The van der Waals surface area contributed by atoms with Crippen LogP contribution < -0.4 is 0 Å². The Labute approximate surface area is 449 Å². The highest BCUT2D eigenvalue weighted by Crippen LogP contribution is 2.39. The molecule has 0 aromatic rings. The molecule has 3 fully saturated rings. The van der Waals surface area contributed by atoms with Gasteiger partial charge in [-0.3, -0.25) is 29.2 Å². The number of carbonyl (C=O) groups is 7. The predicted octanol–water partition coefficient (Wildman–Crippen LogP) is 6.11. The number of amides is 3. The summed E-state index contributed by atoms with van der Waals surface area (Å²) in [5.41, 5.74) is 1.01. The normalized spacial score (nSPS) is 36.1. The summed E-state index contributed by atoms with van der Waals surface area (Å²) in [6.07, 6.45) is 9.56. The summed E-state index contributed by atoms with van der Waals surface area (Å²) < 4.78 is 23.9. The van der Waals surface area contributed by atoms with Crippen LogP contribution in [-0.4, -0.2) is 174 Å². The van der Waals surface area contributed by atoms with E-state index >= 15 is 0 Å². The first kappa shape index (κ1) is 63.9. The lowest BCUT2D eigenvalue weighted by Crippen LogP contribution is -2.61. The molecule has 0 aromatic carbocycles. The number of piperidine rings is 1. The van der Waals surface area contributed by atoms with E-state index < -0.39 is 108 Å². The maximum Gasteiger partial charge on any atom is 0.343 e. The molecule has 20 nitrogen and oxygen atoms in total. The van der Waals surface area contributed by atoms with Crippen LogP contribution in [0.4, 0.5) is 4.79 Å². The number of carbonyl (C=O) groups excluding carboxylic acids is 7. The third-order valence-electron chi connectivity index (χ3n) is 15.8. The van der Waals surface area contributed by atoms with E-state index in [0.717, 1.165) is 4.90 Å². The molecule has 0 unspecified atom stereocenters. The number of Topliss-reactive ketones (excluding diaryl/α,β-unsaturated/α-hetero) is 3. The number of cyclic esters (lactones) is 1. The zero-order valence-electron chi connectivity index (χ0n) is 47.2. The number of hydroxylamine groups is 4. The van der Waals surface area contributed by atoms with Gasteiger partial charge < -0.3 is 43.8 Å². The highest BCUT2D eigenvalue weighted by atomic mass is 16.9. The second-order valence-corrected chi connectivity index (χ2v) is 22.0. The van der Waals surface area contributed by atoms with E-state index in [0.29, 0.717) is 67.7 Å². The first-order valence-corrected chi connectivity index (χ1v) is 26.9.